The number of aldehydes is 1. The maximum atomic E-state index is 10.8. The van der Waals surface area contributed by atoms with Gasteiger partial charge in [-0.05, 0) is 0 Å². The number of hydrogen-bond acceptors (Lipinski definition) is 5. The molecule has 0 spiro atoms. The molecule has 82 valence electrons. The van der Waals surface area contributed by atoms with Crippen molar-refractivity contribution in [2.75, 3.05) is 12.4 Å². The van der Waals surface area contributed by atoms with Gasteiger partial charge in [-0.3, -0.25) is 4.79 Å². The Balaban J connectivity index is 2.65. The van der Waals surface area contributed by atoms with Crippen LogP contribution in [0.25, 0.3) is 0 Å². The third-order valence-corrected chi connectivity index (χ3v) is 2.51. The zero-order chi connectivity index (χ0) is 11.5. The fourth-order valence-corrected chi connectivity index (χ4v) is 1.77. The third kappa shape index (κ3) is 1.46. The SMILES string of the molecule is CNc1c(C=N)ccc2c1CON=C2C=O. The molecule has 2 rings (SSSR count). The second kappa shape index (κ2) is 4.14. The molecule has 0 fully saturated rings. The van der Waals surface area contributed by atoms with Crippen molar-refractivity contribution in [2.45, 2.75) is 6.61 Å². The van der Waals surface area contributed by atoms with E-state index in [1.165, 1.54) is 6.21 Å². The number of hydrogen-bond donors (Lipinski definition) is 2. The van der Waals surface area contributed by atoms with Gasteiger partial charge in [0.1, 0.15) is 12.3 Å². The van der Waals surface area contributed by atoms with Crippen LogP contribution in [0.1, 0.15) is 16.7 Å². The van der Waals surface area contributed by atoms with Crippen LogP contribution in [0.4, 0.5) is 5.69 Å². The van der Waals surface area contributed by atoms with Crippen LogP contribution < -0.4 is 5.32 Å². The van der Waals surface area contributed by atoms with E-state index in [1.807, 2.05) is 0 Å². The Morgan fingerprint density at radius 2 is 2.38 bits per heavy atom. The first-order valence-electron chi connectivity index (χ1n) is 4.81. The first kappa shape index (κ1) is 10.4. The predicted octanol–water partition coefficient (Wildman–Crippen LogP) is 1.16. The Hall–Kier alpha value is -2.17. The summed E-state index contributed by atoms with van der Waals surface area (Å²) in [5.74, 6) is 0. The van der Waals surface area contributed by atoms with E-state index in [-0.39, 0.29) is 5.71 Å². The largest absolute Gasteiger partial charge is 0.390 e. The molecule has 1 aromatic carbocycles. The monoisotopic (exact) mass is 217 g/mol. The third-order valence-electron chi connectivity index (χ3n) is 2.51. The molecule has 0 aromatic heterocycles. The maximum Gasteiger partial charge on any atom is 0.172 e. The molecule has 0 saturated heterocycles. The summed E-state index contributed by atoms with van der Waals surface area (Å²) in [6, 6.07) is 3.56. The zero-order valence-electron chi connectivity index (χ0n) is 8.78. The summed E-state index contributed by atoms with van der Waals surface area (Å²) in [7, 11) is 1.77. The highest BCUT2D eigenvalue weighted by Crippen LogP contribution is 2.27. The molecule has 0 saturated carbocycles. The molecule has 1 aliphatic heterocycles. The number of fused-ring (bicyclic) bond motifs is 1. The van der Waals surface area contributed by atoms with Gasteiger partial charge in [-0.1, -0.05) is 17.3 Å². The number of carbonyl (C=O) groups is 1. The molecule has 0 atom stereocenters. The average Bonchev–Trinajstić information content (AvgIpc) is 2.36. The van der Waals surface area contributed by atoms with Crippen LogP contribution >= 0.6 is 0 Å². The molecular weight excluding hydrogens is 206 g/mol. The van der Waals surface area contributed by atoms with E-state index in [0.29, 0.717) is 12.9 Å². The zero-order valence-corrected chi connectivity index (χ0v) is 8.78. The molecule has 0 radical (unpaired) electrons. The fraction of sp³-hybridized carbons (Fsp3) is 0.182. The van der Waals surface area contributed by atoms with Crippen LogP contribution in [0, 0.1) is 5.41 Å². The second-order valence-electron chi connectivity index (χ2n) is 3.32. The van der Waals surface area contributed by atoms with E-state index in [1.54, 1.807) is 19.2 Å². The van der Waals surface area contributed by atoms with Crippen LogP contribution in [0.15, 0.2) is 17.3 Å². The minimum absolute atomic E-state index is 0.286. The summed E-state index contributed by atoms with van der Waals surface area (Å²) < 4.78 is 0. The van der Waals surface area contributed by atoms with E-state index in [0.717, 1.165) is 22.4 Å². The molecule has 0 aliphatic carbocycles. The Morgan fingerprint density at radius 1 is 1.56 bits per heavy atom. The number of carbonyl (C=O) groups excluding carboxylic acids is 1. The maximum absolute atomic E-state index is 10.8. The number of benzene rings is 1. The molecule has 0 amide bonds. The molecule has 5 nitrogen and oxygen atoms in total. The molecule has 16 heavy (non-hydrogen) atoms. The van der Waals surface area contributed by atoms with Gasteiger partial charge < -0.3 is 15.6 Å². The number of nitrogens with zero attached hydrogens (tertiary/aromatic N) is 1. The van der Waals surface area contributed by atoms with Crippen LogP contribution in [0.2, 0.25) is 0 Å². The van der Waals surface area contributed by atoms with Gasteiger partial charge in [0.25, 0.3) is 0 Å². The van der Waals surface area contributed by atoms with Crippen molar-refractivity contribution in [1.82, 2.24) is 0 Å². The highest BCUT2D eigenvalue weighted by Gasteiger charge is 2.19. The van der Waals surface area contributed by atoms with Crippen LogP contribution in [0.5, 0.6) is 0 Å². The minimum atomic E-state index is 0.286. The lowest BCUT2D eigenvalue weighted by Crippen LogP contribution is -2.15. The van der Waals surface area contributed by atoms with Crippen molar-refractivity contribution < 1.29 is 9.63 Å². The van der Waals surface area contributed by atoms with Gasteiger partial charge >= 0.3 is 0 Å². The highest BCUT2D eigenvalue weighted by atomic mass is 16.6. The first-order valence-corrected chi connectivity index (χ1v) is 4.81. The predicted molar refractivity (Wildman–Crippen MR) is 61.3 cm³/mol. The fourth-order valence-electron chi connectivity index (χ4n) is 1.77. The molecule has 0 bridgehead atoms. The Kier molecular flexibility index (Phi) is 2.68. The standard InChI is InChI=1S/C11H11N3O2/c1-13-11-7(4-12)2-3-8-9(11)6-16-14-10(8)5-15/h2-5,12-13H,6H2,1H3. The summed E-state index contributed by atoms with van der Waals surface area (Å²) in [6.45, 7) is 0.310. The average molecular weight is 217 g/mol. The minimum Gasteiger partial charge on any atom is -0.390 e. The van der Waals surface area contributed by atoms with E-state index >= 15 is 0 Å². The lowest BCUT2D eigenvalue weighted by Gasteiger charge is -2.18. The van der Waals surface area contributed by atoms with Gasteiger partial charge in [-0.15, -0.1) is 0 Å². The topological polar surface area (TPSA) is 74.5 Å². The van der Waals surface area contributed by atoms with Crippen molar-refractivity contribution in [3.05, 3.63) is 28.8 Å². The van der Waals surface area contributed by atoms with Gasteiger partial charge in [0, 0.05) is 30.0 Å². The van der Waals surface area contributed by atoms with Crippen LogP contribution in [0.3, 0.4) is 0 Å². The number of rotatable bonds is 3. The van der Waals surface area contributed by atoms with Crippen molar-refractivity contribution >= 4 is 23.9 Å². The molecule has 5 heteroatoms. The van der Waals surface area contributed by atoms with E-state index in [4.69, 9.17) is 10.2 Å². The van der Waals surface area contributed by atoms with Gasteiger partial charge in [0.15, 0.2) is 6.29 Å². The normalized spacial score (nSPS) is 13.2. The van der Waals surface area contributed by atoms with Crippen LogP contribution in [-0.4, -0.2) is 25.3 Å². The summed E-state index contributed by atoms with van der Waals surface area (Å²) in [5.41, 5.74) is 3.48. The van der Waals surface area contributed by atoms with Crippen molar-refractivity contribution in [3.8, 4) is 0 Å². The van der Waals surface area contributed by atoms with Crippen molar-refractivity contribution in [3.63, 3.8) is 0 Å². The van der Waals surface area contributed by atoms with E-state index in [9.17, 15) is 4.79 Å². The molecular formula is C11H11N3O2. The first-order chi connectivity index (χ1) is 7.81. The highest BCUT2D eigenvalue weighted by molar-refractivity contribution is 6.37. The molecule has 2 N–H and O–H groups in total. The van der Waals surface area contributed by atoms with Gasteiger partial charge in [0.2, 0.25) is 0 Å². The number of oxime groups is 1. The second-order valence-corrected chi connectivity index (χ2v) is 3.32. The molecule has 1 heterocycles. The summed E-state index contributed by atoms with van der Waals surface area (Å²) in [4.78, 5) is 15.8. The van der Waals surface area contributed by atoms with Crippen molar-refractivity contribution in [1.29, 1.82) is 5.41 Å². The van der Waals surface area contributed by atoms with Crippen molar-refractivity contribution in [2.24, 2.45) is 5.16 Å². The molecule has 0 unspecified atom stereocenters. The van der Waals surface area contributed by atoms with Gasteiger partial charge in [-0.25, -0.2) is 0 Å². The smallest absolute Gasteiger partial charge is 0.172 e. The Bertz CT molecular complexity index is 480. The number of anilines is 1. The summed E-state index contributed by atoms with van der Waals surface area (Å²) in [5, 5.41) is 14.0. The summed E-state index contributed by atoms with van der Waals surface area (Å²) >= 11 is 0. The summed E-state index contributed by atoms with van der Waals surface area (Å²) in [6.07, 6.45) is 1.93. The lowest BCUT2D eigenvalue weighted by molar-refractivity contribution is -0.102. The number of nitrogens with one attached hydrogen (secondary N) is 2. The van der Waals surface area contributed by atoms with Gasteiger partial charge in [0.05, 0.1) is 5.69 Å². The Labute approximate surface area is 92.6 Å². The van der Waals surface area contributed by atoms with Crippen LogP contribution in [-0.2, 0) is 16.2 Å². The van der Waals surface area contributed by atoms with Gasteiger partial charge in [-0.2, -0.15) is 0 Å². The quantitative estimate of drug-likeness (QED) is 0.589. The lowest BCUT2D eigenvalue weighted by atomic mass is 9.98. The van der Waals surface area contributed by atoms with E-state index < -0.39 is 0 Å². The molecule has 1 aliphatic rings. The Morgan fingerprint density at radius 3 is 3.00 bits per heavy atom. The van der Waals surface area contributed by atoms with E-state index in [2.05, 4.69) is 10.5 Å². The molecule has 1 aromatic rings.